The van der Waals surface area contributed by atoms with Crippen LogP contribution in [0, 0.1) is 6.92 Å². The van der Waals surface area contributed by atoms with Gasteiger partial charge in [-0.2, -0.15) is 0 Å². The molecule has 0 saturated heterocycles. The third kappa shape index (κ3) is 3.91. The molecule has 0 unspecified atom stereocenters. The molecule has 0 aliphatic heterocycles. The second-order valence-corrected chi connectivity index (χ2v) is 9.49. The third-order valence-corrected chi connectivity index (χ3v) is 7.35. The number of aromatic nitrogens is 2. The highest BCUT2D eigenvalue weighted by molar-refractivity contribution is 7.99. The first-order valence-electron chi connectivity index (χ1n) is 10.2. The summed E-state index contributed by atoms with van der Waals surface area (Å²) in [5.41, 5.74) is 5.86. The second kappa shape index (κ2) is 8.32. The van der Waals surface area contributed by atoms with Crippen molar-refractivity contribution in [1.82, 2.24) is 9.55 Å². The lowest BCUT2D eigenvalue weighted by Gasteiger charge is -2.14. The number of anilines is 1. The van der Waals surface area contributed by atoms with Crippen LogP contribution < -0.4 is 10.9 Å². The van der Waals surface area contributed by atoms with Gasteiger partial charge >= 0.3 is 0 Å². The minimum atomic E-state index is -0.112. The highest BCUT2D eigenvalue weighted by Crippen LogP contribution is 2.27. The number of amides is 1. The van der Waals surface area contributed by atoms with Crippen molar-refractivity contribution in [3.8, 4) is 5.69 Å². The van der Waals surface area contributed by atoms with E-state index in [1.54, 1.807) is 4.57 Å². The van der Waals surface area contributed by atoms with Crippen LogP contribution in [-0.2, 0) is 17.6 Å². The number of thioether (sulfide) groups is 1. The number of hydrogen-bond acceptors (Lipinski definition) is 5. The van der Waals surface area contributed by atoms with E-state index in [4.69, 9.17) is 4.98 Å². The van der Waals surface area contributed by atoms with E-state index in [9.17, 15) is 9.59 Å². The quantitative estimate of drug-likeness (QED) is 0.346. The predicted octanol–water partition coefficient (Wildman–Crippen LogP) is 4.98. The van der Waals surface area contributed by atoms with Gasteiger partial charge in [-0.3, -0.25) is 14.2 Å². The number of fused-ring (bicyclic) bond motifs is 2. The Morgan fingerprint density at radius 1 is 1.16 bits per heavy atom. The first kappa shape index (κ1) is 20.0. The van der Waals surface area contributed by atoms with Gasteiger partial charge in [-0.15, -0.1) is 11.3 Å². The molecule has 0 atom stereocenters. The van der Waals surface area contributed by atoms with Crippen LogP contribution in [0.5, 0.6) is 0 Å². The largest absolute Gasteiger partial charge is 0.325 e. The van der Waals surface area contributed by atoms with E-state index in [1.807, 2.05) is 48.7 Å². The van der Waals surface area contributed by atoms with Crippen molar-refractivity contribution in [2.24, 2.45) is 0 Å². The smallest absolute Gasteiger partial charge is 0.276 e. The summed E-state index contributed by atoms with van der Waals surface area (Å²) in [6.45, 7) is 1.97. The number of aryl methyl sites for hydroxylation is 3. The molecular weight excluding hydrogens is 426 g/mol. The van der Waals surface area contributed by atoms with Gasteiger partial charge in [0.25, 0.3) is 5.56 Å². The number of carbonyl (C=O) groups is 1. The molecule has 1 N–H and O–H groups in total. The van der Waals surface area contributed by atoms with Gasteiger partial charge in [-0.25, -0.2) is 4.98 Å². The van der Waals surface area contributed by atoms with Gasteiger partial charge < -0.3 is 5.32 Å². The zero-order valence-electron chi connectivity index (χ0n) is 17.1. The van der Waals surface area contributed by atoms with Crippen LogP contribution in [0.1, 0.15) is 23.1 Å². The Balaban J connectivity index is 1.42. The number of rotatable bonds is 5. The standard InChI is InChI=1S/C24H21N3O2S2/c1-15-5-2-3-8-20(15)27-23(29)22-19(11-12-30-22)26-24(27)31-14-21(28)25-18-10-9-16-6-4-7-17(16)13-18/h2-3,5,8-13H,4,6-7,14H2,1H3,(H,25,28). The average Bonchev–Trinajstić information content (AvgIpc) is 3.42. The highest BCUT2D eigenvalue weighted by Gasteiger charge is 2.17. The monoisotopic (exact) mass is 447 g/mol. The molecule has 5 nitrogen and oxygen atoms in total. The summed E-state index contributed by atoms with van der Waals surface area (Å²) in [6, 6.07) is 15.7. The van der Waals surface area contributed by atoms with Gasteiger partial charge in [-0.1, -0.05) is 36.0 Å². The summed E-state index contributed by atoms with van der Waals surface area (Å²) < 4.78 is 2.25. The van der Waals surface area contributed by atoms with Crippen molar-refractivity contribution in [2.75, 3.05) is 11.1 Å². The summed E-state index contributed by atoms with van der Waals surface area (Å²) in [6.07, 6.45) is 3.36. The second-order valence-electron chi connectivity index (χ2n) is 7.63. The molecule has 0 spiro atoms. The molecule has 5 rings (SSSR count). The molecule has 0 radical (unpaired) electrons. The molecular formula is C24H21N3O2S2. The first-order valence-corrected chi connectivity index (χ1v) is 12.1. The molecule has 1 aliphatic rings. The van der Waals surface area contributed by atoms with Crippen LogP contribution in [-0.4, -0.2) is 21.2 Å². The van der Waals surface area contributed by atoms with Crippen molar-refractivity contribution in [3.05, 3.63) is 81.0 Å². The maximum atomic E-state index is 13.2. The van der Waals surface area contributed by atoms with Gasteiger partial charge in [0.2, 0.25) is 5.91 Å². The van der Waals surface area contributed by atoms with Gasteiger partial charge in [-0.05, 0) is 72.5 Å². The molecule has 0 saturated carbocycles. The first-order chi connectivity index (χ1) is 15.1. The number of hydrogen-bond donors (Lipinski definition) is 1. The predicted molar refractivity (Wildman–Crippen MR) is 128 cm³/mol. The molecule has 2 aromatic carbocycles. The van der Waals surface area contributed by atoms with Gasteiger partial charge in [0.05, 0.1) is 17.0 Å². The zero-order chi connectivity index (χ0) is 21.4. The molecule has 1 amide bonds. The summed E-state index contributed by atoms with van der Waals surface area (Å²) in [7, 11) is 0. The van der Waals surface area contributed by atoms with E-state index in [-0.39, 0.29) is 17.2 Å². The fourth-order valence-corrected chi connectivity index (χ4v) is 5.56. The number of para-hydroxylation sites is 1. The topological polar surface area (TPSA) is 64.0 Å². The van der Waals surface area contributed by atoms with E-state index in [2.05, 4.69) is 17.4 Å². The Kier molecular flexibility index (Phi) is 5.38. The van der Waals surface area contributed by atoms with Crippen LogP contribution in [0.3, 0.4) is 0 Å². The Morgan fingerprint density at radius 2 is 2.00 bits per heavy atom. The molecule has 2 heterocycles. The van der Waals surface area contributed by atoms with E-state index in [0.29, 0.717) is 15.4 Å². The van der Waals surface area contributed by atoms with Crippen molar-refractivity contribution < 1.29 is 4.79 Å². The van der Waals surface area contributed by atoms with Crippen LogP contribution >= 0.6 is 23.1 Å². The van der Waals surface area contributed by atoms with E-state index in [1.165, 1.54) is 40.6 Å². The van der Waals surface area contributed by atoms with Crippen molar-refractivity contribution in [3.63, 3.8) is 0 Å². The van der Waals surface area contributed by atoms with Crippen LogP contribution in [0.25, 0.3) is 15.9 Å². The molecule has 7 heteroatoms. The van der Waals surface area contributed by atoms with Crippen molar-refractivity contribution in [1.29, 1.82) is 0 Å². The lowest BCUT2D eigenvalue weighted by atomic mass is 10.1. The van der Waals surface area contributed by atoms with Gasteiger partial charge in [0, 0.05) is 5.69 Å². The van der Waals surface area contributed by atoms with Gasteiger partial charge in [0.15, 0.2) is 5.16 Å². The molecule has 31 heavy (non-hydrogen) atoms. The van der Waals surface area contributed by atoms with Crippen LogP contribution in [0.4, 0.5) is 5.69 Å². The maximum absolute atomic E-state index is 13.2. The number of thiophene rings is 1. The Hall–Kier alpha value is -2.90. The Morgan fingerprint density at radius 3 is 2.87 bits per heavy atom. The lowest BCUT2D eigenvalue weighted by molar-refractivity contribution is -0.113. The van der Waals surface area contributed by atoms with Crippen molar-refractivity contribution >= 4 is 44.9 Å². The SMILES string of the molecule is Cc1ccccc1-n1c(SCC(=O)Nc2ccc3c(c2)CCC3)nc2ccsc2c1=O. The summed E-state index contributed by atoms with van der Waals surface area (Å²) in [5.74, 6) is 0.0596. The maximum Gasteiger partial charge on any atom is 0.276 e. The molecule has 2 aromatic heterocycles. The average molecular weight is 448 g/mol. The fraction of sp³-hybridized carbons (Fsp3) is 0.208. The number of benzene rings is 2. The lowest BCUT2D eigenvalue weighted by Crippen LogP contribution is -2.22. The molecule has 156 valence electrons. The highest BCUT2D eigenvalue weighted by atomic mass is 32.2. The van der Waals surface area contributed by atoms with Crippen LogP contribution in [0.2, 0.25) is 0 Å². The minimum Gasteiger partial charge on any atom is -0.325 e. The van der Waals surface area contributed by atoms with E-state index < -0.39 is 0 Å². The van der Waals surface area contributed by atoms with Gasteiger partial charge in [0.1, 0.15) is 4.70 Å². The van der Waals surface area contributed by atoms with Crippen LogP contribution in [0.15, 0.2) is 63.9 Å². The van der Waals surface area contributed by atoms with Crippen molar-refractivity contribution in [2.45, 2.75) is 31.3 Å². The summed E-state index contributed by atoms with van der Waals surface area (Å²) in [5, 5.41) is 5.38. The Labute approximate surface area is 188 Å². The number of carbonyl (C=O) groups excluding carboxylic acids is 1. The normalized spacial score (nSPS) is 12.8. The minimum absolute atomic E-state index is 0.101. The summed E-state index contributed by atoms with van der Waals surface area (Å²) in [4.78, 5) is 30.6. The fourth-order valence-electron chi connectivity index (χ4n) is 3.99. The number of nitrogens with one attached hydrogen (secondary N) is 1. The third-order valence-electron chi connectivity index (χ3n) is 5.52. The number of nitrogens with zero attached hydrogens (tertiary/aromatic N) is 2. The Bertz CT molecular complexity index is 1360. The van der Waals surface area contributed by atoms with E-state index >= 15 is 0 Å². The van der Waals surface area contributed by atoms with E-state index in [0.717, 1.165) is 29.8 Å². The molecule has 0 fully saturated rings. The molecule has 1 aliphatic carbocycles. The zero-order valence-corrected chi connectivity index (χ0v) is 18.7. The summed E-state index contributed by atoms with van der Waals surface area (Å²) >= 11 is 2.67. The molecule has 0 bridgehead atoms. The molecule has 4 aromatic rings.